The molecule has 1 aliphatic carbocycles. The largest absolute Gasteiger partial charge is 0.508 e. The van der Waals surface area contributed by atoms with E-state index in [0.717, 1.165) is 5.69 Å². The number of aromatic hydroxyl groups is 1. The molecule has 0 radical (unpaired) electrons. The normalized spacial score (nSPS) is 20.5. The predicted molar refractivity (Wildman–Crippen MR) is 72.6 cm³/mol. The summed E-state index contributed by atoms with van der Waals surface area (Å²) in [5.41, 5.74) is 0.808. The van der Waals surface area contributed by atoms with Crippen LogP contribution in [-0.2, 0) is 4.79 Å². The number of anilines is 1. The van der Waals surface area contributed by atoms with Gasteiger partial charge in [0, 0.05) is 24.7 Å². The van der Waals surface area contributed by atoms with E-state index < -0.39 is 0 Å². The van der Waals surface area contributed by atoms with Crippen molar-refractivity contribution in [2.24, 2.45) is 16.7 Å². The summed E-state index contributed by atoms with van der Waals surface area (Å²) < 4.78 is 0. The fourth-order valence-corrected chi connectivity index (χ4v) is 2.84. The van der Waals surface area contributed by atoms with Gasteiger partial charge in [0.2, 0.25) is 5.91 Å². The van der Waals surface area contributed by atoms with Crippen LogP contribution in [0.3, 0.4) is 0 Å². The molecule has 1 aromatic carbocycles. The average Bonchev–Trinajstić information content (AvgIpc) is 2.67. The van der Waals surface area contributed by atoms with Gasteiger partial charge in [-0.1, -0.05) is 33.8 Å². The first-order chi connectivity index (χ1) is 8.19. The molecule has 2 rings (SSSR count). The molecular weight excluding hydrogens is 226 g/mol. The number of benzene rings is 1. The maximum absolute atomic E-state index is 12.5. The van der Waals surface area contributed by atoms with Crippen LogP contribution in [0.2, 0.25) is 0 Å². The molecule has 0 atom stereocenters. The highest BCUT2D eigenvalue weighted by atomic mass is 16.3. The van der Waals surface area contributed by atoms with E-state index in [-0.39, 0.29) is 28.4 Å². The lowest BCUT2D eigenvalue weighted by Crippen LogP contribution is -2.29. The SMILES string of the molecule is CN(C(=O)C1C(C)(C)C1(C)C)c1cccc(O)c1. The minimum absolute atomic E-state index is 0.0369. The first kappa shape index (κ1) is 12.9. The number of hydrogen-bond acceptors (Lipinski definition) is 2. The van der Waals surface area contributed by atoms with E-state index in [2.05, 4.69) is 27.7 Å². The van der Waals surface area contributed by atoms with Crippen molar-refractivity contribution >= 4 is 11.6 Å². The van der Waals surface area contributed by atoms with Crippen LogP contribution in [-0.4, -0.2) is 18.1 Å². The number of hydrogen-bond donors (Lipinski definition) is 1. The zero-order valence-corrected chi connectivity index (χ0v) is 11.7. The monoisotopic (exact) mass is 247 g/mol. The molecule has 1 N–H and O–H groups in total. The quantitative estimate of drug-likeness (QED) is 0.872. The van der Waals surface area contributed by atoms with E-state index in [0.29, 0.717) is 0 Å². The molecule has 0 bridgehead atoms. The number of phenolic OH excluding ortho intramolecular Hbond substituents is 1. The highest BCUT2D eigenvalue weighted by molar-refractivity contribution is 5.98. The lowest BCUT2D eigenvalue weighted by atomic mass is 10.0. The molecule has 1 aliphatic rings. The molecule has 98 valence electrons. The highest BCUT2D eigenvalue weighted by Gasteiger charge is 2.68. The fraction of sp³-hybridized carbons (Fsp3) is 0.533. The lowest BCUT2D eigenvalue weighted by molar-refractivity contribution is -0.120. The van der Waals surface area contributed by atoms with E-state index in [1.165, 1.54) is 0 Å². The summed E-state index contributed by atoms with van der Waals surface area (Å²) in [7, 11) is 1.77. The second kappa shape index (κ2) is 3.74. The van der Waals surface area contributed by atoms with Gasteiger partial charge in [-0.05, 0) is 23.0 Å². The molecule has 3 nitrogen and oxygen atoms in total. The third-order valence-electron chi connectivity index (χ3n) is 4.82. The molecule has 0 unspecified atom stereocenters. The Morgan fingerprint density at radius 3 is 2.22 bits per heavy atom. The summed E-state index contributed by atoms with van der Waals surface area (Å²) in [6.45, 7) is 8.52. The predicted octanol–water partition coefficient (Wildman–Crippen LogP) is 3.04. The Hall–Kier alpha value is -1.51. The van der Waals surface area contributed by atoms with E-state index >= 15 is 0 Å². The van der Waals surface area contributed by atoms with E-state index in [1.807, 2.05) is 6.07 Å². The standard InChI is InChI=1S/C15H21NO2/c1-14(2)12(15(14,3)4)13(18)16(5)10-7-6-8-11(17)9-10/h6-9,12,17H,1-5H3. The lowest BCUT2D eigenvalue weighted by Gasteiger charge is -2.18. The second-order valence-corrected chi connectivity index (χ2v) is 6.29. The van der Waals surface area contributed by atoms with Crippen LogP contribution in [0.25, 0.3) is 0 Å². The Balaban J connectivity index is 2.22. The van der Waals surface area contributed by atoms with Gasteiger partial charge in [0.05, 0.1) is 0 Å². The van der Waals surface area contributed by atoms with Gasteiger partial charge in [0.15, 0.2) is 0 Å². The van der Waals surface area contributed by atoms with Gasteiger partial charge in [-0.2, -0.15) is 0 Å². The first-order valence-corrected chi connectivity index (χ1v) is 6.26. The molecule has 0 spiro atoms. The summed E-state index contributed by atoms with van der Waals surface area (Å²) in [5, 5.41) is 9.47. The molecule has 1 aromatic rings. The minimum Gasteiger partial charge on any atom is -0.508 e. The van der Waals surface area contributed by atoms with E-state index in [4.69, 9.17) is 0 Å². The summed E-state index contributed by atoms with van der Waals surface area (Å²) in [4.78, 5) is 14.1. The molecule has 1 saturated carbocycles. The van der Waals surface area contributed by atoms with Crippen molar-refractivity contribution in [1.82, 2.24) is 0 Å². The van der Waals surface area contributed by atoms with Crippen molar-refractivity contribution in [3.05, 3.63) is 24.3 Å². The summed E-state index contributed by atoms with van der Waals surface area (Å²) in [5.74, 6) is 0.342. The van der Waals surface area contributed by atoms with Gasteiger partial charge in [-0.15, -0.1) is 0 Å². The maximum Gasteiger partial charge on any atom is 0.230 e. The molecule has 3 heteroatoms. The van der Waals surface area contributed by atoms with Gasteiger partial charge in [0.25, 0.3) is 0 Å². The molecule has 0 saturated heterocycles. The van der Waals surface area contributed by atoms with Gasteiger partial charge in [-0.25, -0.2) is 0 Å². The van der Waals surface area contributed by atoms with Crippen LogP contribution >= 0.6 is 0 Å². The Morgan fingerprint density at radius 1 is 1.22 bits per heavy atom. The molecule has 0 aromatic heterocycles. The molecule has 0 aliphatic heterocycles. The van der Waals surface area contributed by atoms with Gasteiger partial charge in [-0.3, -0.25) is 4.79 Å². The smallest absolute Gasteiger partial charge is 0.230 e. The Morgan fingerprint density at radius 2 is 1.78 bits per heavy atom. The Labute approximate surface area is 108 Å². The summed E-state index contributed by atoms with van der Waals surface area (Å²) in [6, 6.07) is 6.80. The summed E-state index contributed by atoms with van der Waals surface area (Å²) in [6.07, 6.45) is 0. The summed E-state index contributed by atoms with van der Waals surface area (Å²) >= 11 is 0. The van der Waals surface area contributed by atoms with Crippen molar-refractivity contribution in [3.63, 3.8) is 0 Å². The number of nitrogens with zero attached hydrogens (tertiary/aromatic N) is 1. The zero-order valence-electron chi connectivity index (χ0n) is 11.7. The van der Waals surface area contributed by atoms with Crippen LogP contribution in [0.15, 0.2) is 24.3 Å². The number of carbonyl (C=O) groups excluding carboxylic acids is 1. The van der Waals surface area contributed by atoms with E-state index in [1.54, 1.807) is 30.1 Å². The van der Waals surface area contributed by atoms with Crippen molar-refractivity contribution in [1.29, 1.82) is 0 Å². The van der Waals surface area contributed by atoms with Crippen molar-refractivity contribution in [2.75, 3.05) is 11.9 Å². The second-order valence-electron chi connectivity index (χ2n) is 6.29. The van der Waals surface area contributed by atoms with Crippen molar-refractivity contribution in [3.8, 4) is 5.75 Å². The van der Waals surface area contributed by atoms with Crippen LogP contribution in [0.4, 0.5) is 5.69 Å². The number of carbonyl (C=O) groups is 1. The van der Waals surface area contributed by atoms with Crippen molar-refractivity contribution < 1.29 is 9.90 Å². The Kier molecular flexibility index (Phi) is 2.69. The topological polar surface area (TPSA) is 40.5 Å². The van der Waals surface area contributed by atoms with Crippen LogP contribution in [0, 0.1) is 16.7 Å². The number of amides is 1. The molecule has 1 fully saturated rings. The number of rotatable bonds is 2. The van der Waals surface area contributed by atoms with Crippen LogP contribution in [0.5, 0.6) is 5.75 Å². The fourth-order valence-electron chi connectivity index (χ4n) is 2.84. The molecule has 0 heterocycles. The average molecular weight is 247 g/mol. The molecule has 1 amide bonds. The Bertz CT molecular complexity index is 477. The van der Waals surface area contributed by atoms with Crippen LogP contribution < -0.4 is 4.90 Å². The van der Waals surface area contributed by atoms with Gasteiger partial charge < -0.3 is 10.0 Å². The molecular formula is C15H21NO2. The maximum atomic E-state index is 12.5. The highest BCUT2D eigenvalue weighted by Crippen LogP contribution is 2.68. The first-order valence-electron chi connectivity index (χ1n) is 6.26. The minimum atomic E-state index is 0.0369. The van der Waals surface area contributed by atoms with Crippen LogP contribution in [0.1, 0.15) is 27.7 Å². The molecule has 18 heavy (non-hydrogen) atoms. The van der Waals surface area contributed by atoms with E-state index in [9.17, 15) is 9.90 Å². The zero-order chi connectivity index (χ0) is 13.7. The third kappa shape index (κ3) is 1.69. The van der Waals surface area contributed by atoms with Gasteiger partial charge >= 0.3 is 0 Å². The van der Waals surface area contributed by atoms with Gasteiger partial charge in [0.1, 0.15) is 5.75 Å². The van der Waals surface area contributed by atoms with Crippen molar-refractivity contribution in [2.45, 2.75) is 27.7 Å². The third-order valence-corrected chi connectivity index (χ3v) is 4.82. The number of phenols is 1.